The molecule has 2 heterocycles. The molecule has 0 N–H and O–H groups in total. The van der Waals surface area contributed by atoms with Crippen molar-refractivity contribution >= 4 is 0 Å². The lowest BCUT2D eigenvalue weighted by Gasteiger charge is -2.28. The highest BCUT2D eigenvalue weighted by Gasteiger charge is 2.24. The molecule has 1 atom stereocenters. The summed E-state index contributed by atoms with van der Waals surface area (Å²) in [6.07, 6.45) is 1.91. The van der Waals surface area contributed by atoms with Crippen LogP contribution < -0.4 is 11.2 Å². The number of aromatic nitrogens is 2. The van der Waals surface area contributed by atoms with Crippen LogP contribution in [0.2, 0.25) is 0 Å². The fourth-order valence-electron chi connectivity index (χ4n) is 3.26. The molecule has 0 radical (unpaired) electrons. The first-order valence-corrected chi connectivity index (χ1v) is 8.68. The number of ether oxygens (including phenoxy) is 1. The molecule has 1 fully saturated rings. The monoisotopic (exact) mass is 343 g/mol. The fraction of sp³-hybridized carbons (Fsp3) is 0.474. The Hall–Kier alpha value is -2.18. The van der Waals surface area contributed by atoms with Crippen LogP contribution >= 0.6 is 0 Å². The molecule has 25 heavy (non-hydrogen) atoms. The van der Waals surface area contributed by atoms with E-state index in [0.717, 1.165) is 36.3 Å². The van der Waals surface area contributed by atoms with Crippen molar-refractivity contribution in [1.29, 1.82) is 0 Å². The first-order valence-electron chi connectivity index (χ1n) is 8.68. The third kappa shape index (κ3) is 4.08. The summed E-state index contributed by atoms with van der Waals surface area (Å²) in [5.41, 5.74) is 1.48. The predicted molar refractivity (Wildman–Crippen MR) is 96.7 cm³/mol. The third-order valence-electron chi connectivity index (χ3n) is 4.94. The Kier molecular flexibility index (Phi) is 5.50. The van der Waals surface area contributed by atoms with Gasteiger partial charge < -0.3 is 4.74 Å². The van der Waals surface area contributed by atoms with Gasteiger partial charge in [0.2, 0.25) is 0 Å². The molecule has 0 amide bonds. The SMILES string of the molecule is Cn1c(CN(CCc2ccccc2)C2CCOC2)cc(=O)n(C)c1=O. The van der Waals surface area contributed by atoms with Crippen LogP contribution in [0, 0.1) is 0 Å². The molecule has 6 heteroatoms. The minimum atomic E-state index is -0.284. The average Bonchev–Trinajstić information content (AvgIpc) is 3.16. The van der Waals surface area contributed by atoms with Crippen molar-refractivity contribution in [2.75, 3.05) is 19.8 Å². The number of rotatable bonds is 6. The molecule has 0 aliphatic carbocycles. The Bertz CT molecular complexity index is 820. The Morgan fingerprint density at radius 2 is 1.92 bits per heavy atom. The van der Waals surface area contributed by atoms with Crippen LogP contribution in [0.4, 0.5) is 0 Å². The second-order valence-corrected chi connectivity index (χ2v) is 6.60. The van der Waals surface area contributed by atoms with Gasteiger partial charge in [0.25, 0.3) is 5.56 Å². The minimum Gasteiger partial charge on any atom is -0.380 e. The maximum Gasteiger partial charge on any atom is 0.330 e. The highest BCUT2D eigenvalue weighted by atomic mass is 16.5. The van der Waals surface area contributed by atoms with Gasteiger partial charge in [-0.1, -0.05) is 30.3 Å². The van der Waals surface area contributed by atoms with Crippen molar-refractivity contribution in [2.45, 2.75) is 25.4 Å². The maximum atomic E-state index is 12.2. The summed E-state index contributed by atoms with van der Waals surface area (Å²) in [6, 6.07) is 12.2. The molecular formula is C19H25N3O3. The van der Waals surface area contributed by atoms with Gasteiger partial charge in [-0.3, -0.25) is 18.8 Å². The first-order chi connectivity index (χ1) is 12.1. The average molecular weight is 343 g/mol. The van der Waals surface area contributed by atoms with Crippen molar-refractivity contribution in [3.05, 3.63) is 68.5 Å². The van der Waals surface area contributed by atoms with Gasteiger partial charge >= 0.3 is 5.69 Å². The van der Waals surface area contributed by atoms with Gasteiger partial charge in [0.1, 0.15) is 0 Å². The molecule has 3 rings (SSSR count). The lowest BCUT2D eigenvalue weighted by Crippen LogP contribution is -2.42. The standard InChI is InChI=1S/C19H25N3O3/c1-20-17(12-18(23)21(2)19(20)24)13-22(16-9-11-25-14-16)10-8-15-6-4-3-5-7-15/h3-7,12,16H,8-11,13-14H2,1-2H3. The van der Waals surface area contributed by atoms with Gasteiger partial charge in [-0.25, -0.2) is 4.79 Å². The molecule has 1 saturated heterocycles. The summed E-state index contributed by atoms with van der Waals surface area (Å²) in [5.74, 6) is 0. The van der Waals surface area contributed by atoms with E-state index in [9.17, 15) is 9.59 Å². The van der Waals surface area contributed by atoms with Crippen LogP contribution in [0.15, 0.2) is 46.0 Å². The van der Waals surface area contributed by atoms with Gasteiger partial charge in [-0.05, 0) is 18.4 Å². The molecule has 6 nitrogen and oxygen atoms in total. The van der Waals surface area contributed by atoms with Crippen LogP contribution in [0.5, 0.6) is 0 Å². The molecule has 1 aromatic carbocycles. The molecule has 0 spiro atoms. The van der Waals surface area contributed by atoms with Crippen LogP contribution in [0.1, 0.15) is 17.7 Å². The second kappa shape index (κ2) is 7.80. The van der Waals surface area contributed by atoms with Gasteiger partial charge in [-0.2, -0.15) is 0 Å². The zero-order valence-corrected chi connectivity index (χ0v) is 14.9. The van der Waals surface area contributed by atoms with Gasteiger partial charge in [-0.15, -0.1) is 0 Å². The summed E-state index contributed by atoms with van der Waals surface area (Å²) >= 11 is 0. The zero-order chi connectivity index (χ0) is 17.8. The third-order valence-corrected chi connectivity index (χ3v) is 4.94. The molecular weight excluding hydrogens is 318 g/mol. The maximum absolute atomic E-state index is 12.2. The minimum absolute atomic E-state index is 0.260. The Morgan fingerprint density at radius 3 is 2.60 bits per heavy atom. The van der Waals surface area contributed by atoms with Crippen LogP contribution in [0.3, 0.4) is 0 Å². The summed E-state index contributed by atoms with van der Waals surface area (Å²) in [4.78, 5) is 26.5. The zero-order valence-electron chi connectivity index (χ0n) is 14.9. The summed E-state index contributed by atoms with van der Waals surface area (Å²) < 4.78 is 8.25. The van der Waals surface area contributed by atoms with Crippen molar-refractivity contribution in [3.63, 3.8) is 0 Å². The van der Waals surface area contributed by atoms with Crippen LogP contribution in [-0.2, 0) is 31.8 Å². The highest BCUT2D eigenvalue weighted by Crippen LogP contribution is 2.16. The molecule has 2 aromatic rings. The Balaban J connectivity index is 1.80. The van der Waals surface area contributed by atoms with E-state index < -0.39 is 0 Å². The smallest absolute Gasteiger partial charge is 0.330 e. The molecule has 1 aliphatic heterocycles. The van der Waals surface area contributed by atoms with E-state index in [2.05, 4.69) is 17.0 Å². The van der Waals surface area contributed by atoms with E-state index in [1.807, 2.05) is 18.2 Å². The van der Waals surface area contributed by atoms with Crippen LogP contribution in [0.25, 0.3) is 0 Å². The Labute approximate surface area is 147 Å². The summed E-state index contributed by atoms with van der Waals surface area (Å²) in [6.45, 7) is 2.90. The lowest BCUT2D eigenvalue weighted by atomic mass is 10.1. The number of benzene rings is 1. The van der Waals surface area contributed by atoms with Crippen molar-refractivity contribution in [3.8, 4) is 0 Å². The summed E-state index contributed by atoms with van der Waals surface area (Å²) in [7, 11) is 3.23. The molecule has 134 valence electrons. The summed E-state index contributed by atoms with van der Waals surface area (Å²) in [5, 5.41) is 0. The lowest BCUT2D eigenvalue weighted by molar-refractivity contribution is 0.137. The quantitative estimate of drug-likeness (QED) is 0.783. The van der Waals surface area contributed by atoms with Gasteiger partial charge in [0.05, 0.1) is 6.61 Å². The van der Waals surface area contributed by atoms with Gasteiger partial charge in [0, 0.05) is 51.6 Å². The van der Waals surface area contributed by atoms with E-state index >= 15 is 0 Å². The topological polar surface area (TPSA) is 56.5 Å². The van der Waals surface area contributed by atoms with Crippen LogP contribution in [-0.4, -0.2) is 39.8 Å². The number of nitrogens with zero attached hydrogens (tertiary/aromatic N) is 3. The first kappa shape index (κ1) is 17.6. The number of hydrogen-bond donors (Lipinski definition) is 0. The van der Waals surface area contributed by atoms with Crippen molar-refractivity contribution in [1.82, 2.24) is 14.0 Å². The molecule has 0 bridgehead atoms. The molecule has 1 unspecified atom stereocenters. The highest BCUT2D eigenvalue weighted by molar-refractivity contribution is 5.15. The van der Waals surface area contributed by atoms with E-state index in [0.29, 0.717) is 19.2 Å². The fourth-order valence-corrected chi connectivity index (χ4v) is 3.26. The van der Waals surface area contributed by atoms with E-state index in [-0.39, 0.29) is 11.2 Å². The molecule has 0 saturated carbocycles. The molecule has 1 aliphatic rings. The second-order valence-electron chi connectivity index (χ2n) is 6.60. The normalized spacial score (nSPS) is 17.3. The largest absolute Gasteiger partial charge is 0.380 e. The Morgan fingerprint density at radius 1 is 1.16 bits per heavy atom. The van der Waals surface area contributed by atoms with E-state index in [4.69, 9.17) is 4.74 Å². The van der Waals surface area contributed by atoms with E-state index in [1.54, 1.807) is 17.7 Å². The van der Waals surface area contributed by atoms with Gasteiger partial charge in [0.15, 0.2) is 0 Å². The van der Waals surface area contributed by atoms with E-state index in [1.165, 1.54) is 12.6 Å². The predicted octanol–water partition coefficient (Wildman–Crippen LogP) is 0.918. The number of hydrogen-bond acceptors (Lipinski definition) is 4. The molecule has 1 aromatic heterocycles. The van der Waals surface area contributed by atoms with Crippen molar-refractivity contribution < 1.29 is 4.74 Å². The van der Waals surface area contributed by atoms with Crippen molar-refractivity contribution in [2.24, 2.45) is 14.1 Å².